The Hall–Kier alpha value is 0.387. The number of rotatable bonds is 6. The molecule has 0 radical (unpaired) electrons. The zero-order valence-electron chi connectivity index (χ0n) is 11.3. The van der Waals surface area contributed by atoms with Gasteiger partial charge in [-0.15, -0.1) is 0 Å². The van der Waals surface area contributed by atoms with Gasteiger partial charge in [0.15, 0.2) is 0 Å². The molecule has 0 spiro atoms. The summed E-state index contributed by atoms with van der Waals surface area (Å²) in [6, 6.07) is 0. The van der Waals surface area contributed by atoms with Gasteiger partial charge < -0.3 is 4.43 Å². The lowest BCUT2D eigenvalue weighted by Crippen LogP contribution is -2.32. The fraction of sp³-hybridized carbons (Fsp3) is 0.917. The maximum absolute atomic E-state index is 11.8. The van der Waals surface area contributed by atoms with E-state index in [0.717, 1.165) is 18.1 Å². The minimum Gasteiger partial charge on any atom is -0.520 e. The van der Waals surface area contributed by atoms with Crippen molar-refractivity contribution in [2.24, 2.45) is 5.92 Å². The molecule has 1 fully saturated rings. The molecular weight excluding hydrogens is 268 g/mol. The molecule has 0 aromatic carbocycles. The molecule has 2 atom stereocenters. The summed E-state index contributed by atoms with van der Waals surface area (Å²) in [7, 11) is 2.30. The van der Waals surface area contributed by atoms with Crippen molar-refractivity contribution in [2.75, 3.05) is 5.75 Å². The summed E-state index contributed by atoms with van der Waals surface area (Å²) in [5.74, 6) is 1.38. The van der Waals surface area contributed by atoms with Crippen LogP contribution in [0, 0.1) is 5.92 Å². The molecule has 0 aliphatic carbocycles. The van der Waals surface area contributed by atoms with E-state index in [1.807, 2.05) is 28.5 Å². The second-order valence-electron chi connectivity index (χ2n) is 5.69. The third-order valence-electron chi connectivity index (χ3n) is 2.70. The van der Waals surface area contributed by atoms with Gasteiger partial charge in [0.05, 0.1) is 5.92 Å². The molecule has 0 aromatic rings. The van der Waals surface area contributed by atoms with Crippen LogP contribution in [-0.4, -0.2) is 25.3 Å². The van der Waals surface area contributed by atoms with E-state index >= 15 is 0 Å². The average Bonchev–Trinajstić information content (AvgIpc) is 2.67. The highest BCUT2D eigenvalue weighted by atomic mass is 33.1. The summed E-state index contributed by atoms with van der Waals surface area (Å²) < 4.78 is 5.51. The minimum absolute atomic E-state index is 0.0117. The zero-order valence-corrected chi connectivity index (χ0v) is 14.0. The predicted octanol–water partition coefficient (Wildman–Crippen LogP) is 4.32. The van der Waals surface area contributed by atoms with Gasteiger partial charge in [-0.2, -0.15) is 0 Å². The quantitative estimate of drug-likeness (QED) is 0.538. The molecule has 100 valence electrons. The van der Waals surface area contributed by atoms with Crippen LogP contribution in [0.2, 0.25) is 19.6 Å². The lowest BCUT2D eigenvalue weighted by molar-refractivity contribution is -0.139. The maximum Gasteiger partial charge on any atom is 0.295 e. The van der Waals surface area contributed by atoms with Crippen molar-refractivity contribution in [1.82, 2.24) is 0 Å². The molecule has 0 aromatic heterocycles. The second kappa shape index (κ2) is 7.09. The number of carbonyl (C=O) groups is 1. The third-order valence-corrected chi connectivity index (χ3v) is 6.52. The van der Waals surface area contributed by atoms with Crippen LogP contribution in [0.5, 0.6) is 0 Å². The first-order valence-electron chi connectivity index (χ1n) is 6.39. The molecule has 0 bridgehead atoms. The molecule has 1 aliphatic heterocycles. The van der Waals surface area contributed by atoms with E-state index in [0.29, 0.717) is 0 Å². The number of carbonyl (C=O) groups excluding carboxylic acids is 1. The van der Waals surface area contributed by atoms with Gasteiger partial charge in [0.25, 0.3) is 5.97 Å². The van der Waals surface area contributed by atoms with Crippen LogP contribution in [0.25, 0.3) is 0 Å². The highest BCUT2D eigenvalue weighted by Crippen LogP contribution is 2.40. The molecule has 1 rings (SSSR count). The fourth-order valence-electron chi connectivity index (χ4n) is 1.74. The molecule has 0 amide bonds. The lowest BCUT2D eigenvalue weighted by Gasteiger charge is -2.20. The van der Waals surface area contributed by atoms with Crippen LogP contribution in [0.1, 0.15) is 32.6 Å². The van der Waals surface area contributed by atoms with Gasteiger partial charge in [-0.1, -0.05) is 34.9 Å². The summed E-state index contributed by atoms with van der Waals surface area (Å²) in [5, 5.41) is 0.820. The number of hydrogen-bond acceptors (Lipinski definition) is 4. The van der Waals surface area contributed by atoms with Crippen molar-refractivity contribution in [1.29, 1.82) is 0 Å². The predicted molar refractivity (Wildman–Crippen MR) is 80.9 cm³/mol. The summed E-state index contributed by atoms with van der Waals surface area (Å²) in [6.07, 6.45) is 4.72. The van der Waals surface area contributed by atoms with Gasteiger partial charge >= 0.3 is 0 Å². The Kier molecular flexibility index (Phi) is 6.44. The van der Waals surface area contributed by atoms with Crippen LogP contribution in [-0.2, 0) is 9.22 Å². The monoisotopic (exact) mass is 292 g/mol. The van der Waals surface area contributed by atoms with E-state index in [9.17, 15) is 4.79 Å². The standard InChI is InChI=1S/C12H24O2S2Si/c1-10(12(13)14-17(2,3)4)6-5-7-11-8-9-15-16-11/h10-11H,5-9H2,1-4H3. The van der Waals surface area contributed by atoms with Crippen molar-refractivity contribution in [3.63, 3.8) is 0 Å². The van der Waals surface area contributed by atoms with Crippen LogP contribution >= 0.6 is 21.6 Å². The highest BCUT2D eigenvalue weighted by molar-refractivity contribution is 8.77. The molecule has 17 heavy (non-hydrogen) atoms. The summed E-state index contributed by atoms with van der Waals surface area (Å²) in [4.78, 5) is 11.8. The van der Waals surface area contributed by atoms with E-state index in [4.69, 9.17) is 4.43 Å². The fourth-order valence-corrected chi connectivity index (χ4v) is 5.57. The SMILES string of the molecule is CC(CCCC1CCSS1)C(=O)O[Si](C)(C)C. The molecule has 2 unspecified atom stereocenters. The van der Waals surface area contributed by atoms with E-state index in [-0.39, 0.29) is 11.9 Å². The minimum atomic E-state index is -1.70. The van der Waals surface area contributed by atoms with Crippen LogP contribution in [0.3, 0.4) is 0 Å². The van der Waals surface area contributed by atoms with Crippen molar-refractivity contribution >= 4 is 35.9 Å². The van der Waals surface area contributed by atoms with Gasteiger partial charge in [0, 0.05) is 11.0 Å². The molecular formula is C12H24O2S2Si. The molecule has 2 nitrogen and oxygen atoms in total. The topological polar surface area (TPSA) is 26.3 Å². The first-order chi connectivity index (χ1) is 7.88. The van der Waals surface area contributed by atoms with Crippen molar-refractivity contribution in [2.45, 2.75) is 57.5 Å². The Balaban J connectivity index is 2.15. The Morgan fingerprint density at radius 3 is 2.71 bits per heavy atom. The van der Waals surface area contributed by atoms with Crippen LogP contribution in [0.4, 0.5) is 0 Å². The first kappa shape index (κ1) is 15.4. The Bertz CT molecular complexity index is 247. The van der Waals surface area contributed by atoms with Crippen LogP contribution < -0.4 is 0 Å². The maximum atomic E-state index is 11.8. The summed E-state index contributed by atoms with van der Waals surface area (Å²) >= 11 is 0. The zero-order chi connectivity index (χ0) is 12.9. The third kappa shape index (κ3) is 6.77. The smallest absolute Gasteiger partial charge is 0.295 e. The summed E-state index contributed by atoms with van der Waals surface area (Å²) in [6.45, 7) is 8.18. The molecule has 1 aliphatic rings. The normalized spacial score (nSPS) is 22.5. The van der Waals surface area contributed by atoms with Crippen molar-refractivity contribution in [3.05, 3.63) is 0 Å². The Morgan fingerprint density at radius 1 is 1.47 bits per heavy atom. The number of hydrogen-bond donors (Lipinski definition) is 0. The van der Waals surface area contributed by atoms with Crippen molar-refractivity contribution < 1.29 is 9.22 Å². The summed E-state index contributed by atoms with van der Waals surface area (Å²) in [5.41, 5.74) is 0. The van der Waals surface area contributed by atoms with Gasteiger partial charge in [-0.3, -0.25) is 4.79 Å². The molecule has 0 N–H and O–H groups in total. The first-order valence-corrected chi connectivity index (χ1v) is 12.2. The van der Waals surface area contributed by atoms with E-state index in [1.54, 1.807) is 0 Å². The molecule has 1 heterocycles. The van der Waals surface area contributed by atoms with Gasteiger partial charge in [0.1, 0.15) is 0 Å². The second-order valence-corrected chi connectivity index (χ2v) is 12.9. The Labute approximate surface area is 114 Å². The van der Waals surface area contributed by atoms with Gasteiger partial charge in [-0.05, 0) is 38.9 Å². The average molecular weight is 293 g/mol. The molecule has 1 saturated heterocycles. The molecule has 0 saturated carbocycles. The van der Waals surface area contributed by atoms with E-state index in [1.165, 1.54) is 18.6 Å². The van der Waals surface area contributed by atoms with Gasteiger partial charge in [-0.25, -0.2) is 0 Å². The van der Waals surface area contributed by atoms with Gasteiger partial charge in [0.2, 0.25) is 8.32 Å². The highest BCUT2D eigenvalue weighted by Gasteiger charge is 2.24. The van der Waals surface area contributed by atoms with Crippen molar-refractivity contribution in [3.8, 4) is 0 Å². The van der Waals surface area contributed by atoms with E-state index in [2.05, 4.69) is 19.6 Å². The largest absolute Gasteiger partial charge is 0.520 e. The Morgan fingerprint density at radius 2 is 2.18 bits per heavy atom. The molecule has 5 heteroatoms. The lowest BCUT2D eigenvalue weighted by atomic mass is 10.0. The van der Waals surface area contributed by atoms with Crippen LogP contribution in [0.15, 0.2) is 0 Å². The van der Waals surface area contributed by atoms with E-state index < -0.39 is 8.32 Å².